The lowest BCUT2D eigenvalue weighted by atomic mass is 9.72. The molecule has 1 aromatic rings. The average molecular weight is 312 g/mol. The quantitative estimate of drug-likeness (QED) is 0.833. The van der Waals surface area contributed by atoms with E-state index in [1.54, 1.807) is 7.11 Å². The molecule has 1 aromatic carbocycles. The van der Waals surface area contributed by atoms with Gasteiger partial charge in [0.15, 0.2) is 5.72 Å². The van der Waals surface area contributed by atoms with Crippen molar-refractivity contribution >= 4 is 5.84 Å². The van der Waals surface area contributed by atoms with Crippen molar-refractivity contribution in [2.45, 2.75) is 43.1 Å². The van der Waals surface area contributed by atoms with Crippen molar-refractivity contribution in [3.05, 3.63) is 41.0 Å². The van der Waals surface area contributed by atoms with Gasteiger partial charge in [-0.15, -0.1) is 0 Å². The Balaban J connectivity index is 1.72. The first-order valence-corrected chi connectivity index (χ1v) is 8.16. The fraction of sp³-hybridized carbons (Fsp3) is 0.500. The number of hydrogen-bond donors (Lipinski definition) is 2. The van der Waals surface area contributed by atoms with Gasteiger partial charge in [0.1, 0.15) is 17.7 Å². The number of nitrogens with one attached hydrogen (secondary N) is 1. The number of methoxy groups -OCH3 is 1. The molecular weight excluding hydrogens is 292 g/mol. The fourth-order valence-corrected chi connectivity index (χ4v) is 4.71. The van der Waals surface area contributed by atoms with Crippen LogP contribution in [0.1, 0.15) is 42.9 Å². The zero-order chi connectivity index (χ0) is 15.8. The molecule has 5 heteroatoms. The highest BCUT2D eigenvalue weighted by Gasteiger charge is 2.63. The largest absolute Gasteiger partial charge is 0.496 e. The summed E-state index contributed by atoms with van der Waals surface area (Å²) in [5, 5.41) is 14.4. The van der Waals surface area contributed by atoms with E-state index in [2.05, 4.69) is 16.4 Å². The Labute approximate surface area is 135 Å². The highest BCUT2D eigenvalue weighted by molar-refractivity contribution is 6.03. The van der Waals surface area contributed by atoms with Gasteiger partial charge >= 0.3 is 0 Å². The molecule has 3 aliphatic heterocycles. The van der Waals surface area contributed by atoms with E-state index in [9.17, 15) is 5.11 Å². The Kier molecular flexibility index (Phi) is 2.46. The maximum Gasteiger partial charge on any atom is 0.167 e. The van der Waals surface area contributed by atoms with Crippen LogP contribution >= 0.6 is 0 Å². The normalized spacial score (nSPS) is 39.6. The number of ether oxygens (including phenoxy) is 2. The number of benzene rings is 1. The van der Waals surface area contributed by atoms with Gasteiger partial charge < -0.3 is 19.9 Å². The van der Waals surface area contributed by atoms with Crippen molar-refractivity contribution in [3.8, 4) is 5.75 Å². The van der Waals surface area contributed by atoms with Crippen LogP contribution in [0.25, 0.3) is 0 Å². The van der Waals surface area contributed by atoms with E-state index in [1.165, 1.54) is 5.57 Å². The highest BCUT2D eigenvalue weighted by atomic mass is 16.6. The Morgan fingerprint density at radius 1 is 1.43 bits per heavy atom. The molecule has 120 valence electrons. The Morgan fingerprint density at radius 3 is 3.09 bits per heavy atom. The first-order valence-electron chi connectivity index (χ1n) is 8.16. The van der Waals surface area contributed by atoms with Gasteiger partial charge in [0.2, 0.25) is 0 Å². The summed E-state index contributed by atoms with van der Waals surface area (Å²) in [7, 11) is 1.68. The van der Waals surface area contributed by atoms with Crippen LogP contribution in [-0.2, 0) is 4.74 Å². The minimum absolute atomic E-state index is 0.0999. The summed E-state index contributed by atoms with van der Waals surface area (Å²) in [6, 6.07) is 5.87. The molecule has 1 aliphatic carbocycles. The van der Waals surface area contributed by atoms with Crippen molar-refractivity contribution in [1.82, 2.24) is 5.32 Å². The smallest absolute Gasteiger partial charge is 0.167 e. The molecule has 0 radical (unpaired) electrons. The van der Waals surface area contributed by atoms with Crippen molar-refractivity contribution in [2.24, 2.45) is 4.99 Å². The molecule has 0 aromatic heterocycles. The molecular formula is C18H20N2O3. The van der Waals surface area contributed by atoms with Gasteiger partial charge in [-0.05, 0) is 43.0 Å². The van der Waals surface area contributed by atoms with E-state index in [4.69, 9.17) is 9.47 Å². The molecule has 2 bridgehead atoms. The number of aliphatic imine (C=N–C) groups is 1. The van der Waals surface area contributed by atoms with E-state index in [1.807, 2.05) is 25.1 Å². The van der Waals surface area contributed by atoms with Crippen molar-refractivity contribution < 1.29 is 14.6 Å². The molecule has 3 heterocycles. The number of aliphatic hydroxyl groups excluding tert-OH is 1. The molecule has 0 saturated carbocycles. The molecule has 0 unspecified atom stereocenters. The number of nitrogens with zero attached hydrogens (tertiary/aromatic N) is 1. The molecule has 5 rings (SSSR count). The molecule has 5 nitrogen and oxygen atoms in total. The van der Waals surface area contributed by atoms with Gasteiger partial charge in [0, 0.05) is 18.0 Å². The van der Waals surface area contributed by atoms with Gasteiger partial charge in [-0.1, -0.05) is 12.1 Å². The summed E-state index contributed by atoms with van der Waals surface area (Å²) in [5.74, 6) is 1.87. The number of hydrogen-bond acceptors (Lipinski definition) is 5. The van der Waals surface area contributed by atoms with Crippen LogP contribution < -0.4 is 10.1 Å². The van der Waals surface area contributed by atoms with Crippen LogP contribution in [0, 0.1) is 0 Å². The summed E-state index contributed by atoms with van der Waals surface area (Å²) < 4.78 is 12.1. The van der Waals surface area contributed by atoms with E-state index in [-0.39, 0.29) is 5.92 Å². The summed E-state index contributed by atoms with van der Waals surface area (Å²) in [4.78, 5) is 4.53. The standard InChI is InChI=1S/C18H20N2O3/c1-17-9-12(14-11(15(17)21)4-3-5-13(14)22-2)18(23-17)8-10-6-7-19-16(10)20-18/h3-5,8,12,15,21H,6-7,9H2,1-2H3,(H,19,20)/t12-,15+,17+,18+/m0/s1. The minimum atomic E-state index is -0.661. The third-order valence-corrected chi connectivity index (χ3v) is 5.73. The van der Waals surface area contributed by atoms with E-state index in [0.717, 1.165) is 42.1 Å². The van der Waals surface area contributed by atoms with Gasteiger partial charge in [0.05, 0.1) is 12.7 Å². The Morgan fingerprint density at radius 2 is 2.30 bits per heavy atom. The second-order valence-electron chi connectivity index (χ2n) is 7.11. The summed E-state index contributed by atoms with van der Waals surface area (Å²) in [5.41, 5.74) is 1.98. The average Bonchev–Trinajstić information content (AvgIpc) is 3.16. The van der Waals surface area contributed by atoms with Gasteiger partial charge in [-0.25, -0.2) is 0 Å². The van der Waals surface area contributed by atoms with Crippen LogP contribution in [0.15, 0.2) is 34.8 Å². The second kappa shape index (κ2) is 4.16. The maximum absolute atomic E-state index is 10.9. The molecule has 1 spiro atoms. The molecule has 4 aliphatic rings. The number of aliphatic hydroxyl groups is 1. The third-order valence-electron chi connectivity index (χ3n) is 5.73. The third kappa shape index (κ3) is 1.56. The zero-order valence-corrected chi connectivity index (χ0v) is 13.3. The minimum Gasteiger partial charge on any atom is -0.496 e. The number of fused-ring (bicyclic) bond motifs is 6. The SMILES string of the molecule is COc1cccc2c1[C@@H]1C[C@@](C)(O[C@]13C=C1CCN=C1N3)[C@@H]2O. The number of rotatable bonds is 1. The predicted molar refractivity (Wildman–Crippen MR) is 85.7 cm³/mol. The monoisotopic (exact) mass is 312 g/mol. The maximum atomic E-state index is 10.9. The predicted octanol–water partition coefficient (Wildman–Crippen LogP) is 2.03. The lowest BCUT2D eigenvalue weighted by Gasteiger charge is -2.34. The van der Waals surface area contributed by atoms with Crippen LogP contribution in [0.4, 0.5) is 0 Å². The molecule has 23 heavy (non-hydrogen) atoms. The topological polar surface area (TPSA) is 63.1 Å². The van der Waals surface area contributed by atoms with E-state index >= 15 is 0 Å². The van der Waals surface area contributed by atoms with Gasteiger partial charge in [-0.3, -0.25) is 4.99 Å². The zero-order valence-electron chi connectivity index (χ0n) is 13.3. The summed E-state index contributed by atoms with van der Waals surface area (Å²) in [6.45, 7) is 2.84. The highest BCUT2D eigenvalue weighted by Crippen LogP contribution is 2.60. The van der Waals surface area contributed by atoms with Crippen LogP contribution in [0.5, 0.6) is 5.75 Å². The molecule has 4 atom stereocenters. The van der Waals surface area contributed by atoms with Crippen molar-refractivity contribution in [2.75, 3.05) is 13.7 Å². The molecule has 1 fully saturated rings. The lowest BCUT2D eigenvalue weighted by molar-refractivity contribution is -0.133. The summed E-state index contributed by atoms with van der Waals surface area (Å²) >= 11 is 0. The molecule has 1 saturated heterocycles. The van der Waals surface area contributed by atoms with Crippen molar-refractivity contribution in [3.63, 3.8) is 0 Å². The van der Waals surface area contributed by atoms with Crippen LogP contribution in [0.2, 0.25) is 0 Å². The Bertz CT molecular complexity index is 772. The molecule has 2 N–H and O–H groups in total. The van der Waals surface area contributed by atoms with Gasteiger partial charge in [0.25, 0.3) is 0 Å². The van der Waals surface area contributed by atoms with Crippen molar-refractivity contribution in [1.29, 1.82) is 0 Å². The van der Waals surface area contributed by atoms with Crippen LogP contribution in [0.3, 0.4) is 0 Å². The first kappa shape index (κ1) is 13.6. The molecule has 0 amide bonds. The van der Waals surface area contributed by atoms with Gasteiger partial charge in [-0.2, -0.15) is 0 Å². The Hall–Kier alpha value is -1.85. The second-order valence-corrected chi connectivity index (χ2v) is 7.11. The lowest BCUT2D eigenvalue weighted by Crippen LogP contribution is -2.46. The van der Waals surface area contributed by atoms with E-state index in [0.29, 0.717) is 0 Å². The van der Waals surface area contributed by atoms with E-state index < -0.39 is 17.4 Å². The van der Waals surface area contributed by atoms with Crippen LogP contribution in [-0.4, -0.2) is 35.9 Å². The fourth-order valence-electron chi connectivity index (χ4n) is 4.71. The summed E-state index contributed by atoms with van der Waals surface area (Å²) in [6.07, 6.45) is 3.23. The first-order chi connectivity index (χ1) is 11.1. The number of amidine groups is 1.